The molecule has 0 atom stereocenters. The van der Waals surface area contributed by atoms with Crippen molar-refractivity contribution in [3.8, 4) is 5.75 Å². The summed E-state index contributed by atoms with van der Waals surface area (Å²) in [5, 5.41) is 10.3. The number of halogens is 1. The fourth-order valence-corrected chi connectivity index (χ4v) is 3.87. The van der Waals surface area contributed by atoms with Gasteiger partial charge in [0, 0.05) is 17.3 Å². The summed E-state index contributed by atoms with van der Waals surface area (Å²) in [6.07, 6.45) is 0. The van der Waals surface area contributed by atoms with E-state index in [1.54, 1.807) is 11.8 Å². The molecule has 136 valence electrons. The van der Waals surface area contributed by atoms with E-state index in [1.807, 2.05) is 30.3 Å². The number of hydrogen-bond donors (Lipinski definition) is 0. The molecule has 0 saturated carbocycles. The molecule has 1 heterocycles. The van der Waals surface area contributed by atoms with Crippen molar-refractivity contribution in [2.45, 2.75) is 44.8 Å². The minimum atomic E-state index is 0.399. The highest BCUT2D eigenvalue weighted by molar-refractivity contribution is 7.98. The number of rotatable bonds is 7. The number of aryl methyl sites for hydroxylation is 2. The summed E-state index contributed by atoms with van der Waals surface area (Å²) in [5.74, 6) is 2.44. The van der Waals surface area contributed by atoms with E-state index in [2.05, 4.69) is 47.7 Å². The largest absolute Gasteiger partial charge is 0.486 e. The Labute approximate surface area is 163 Å². The Morgan fingerprint density at radius 3 is 2.62 bits per heavy atom. The average Bonchev–Trinajstić information content (AvgIpc) is 3.04. The Morgan fingerprint density at radius 1 is 1.08 bits per heavy atom. The Balaban J connectivity index is 1.67. The highest BCUT2D eigenvalue weighted by Crippen LogP contribution is 2.26. The van der Waals surface area contributed by atoms with Gasteiger partial charge in [0.25, 0.3) is 0 Å². The fraction of sp³-hybridized carbons (Fsp3) is 0.300. The van der Waals surface area contributed by atoms with Crippen LogP contribution in [0.15, 0.2) is 47.6 Å². The molecule has 4 nitrogen and oxygen atoms in total. The number of ether oxygens (including phenoxy) is 1. The van der Waals surface area contributed by atoms with E-state index in [4.69, 9.17) is 16.3 Å². The lowest BCUT2D eigenvalue weighted by molar-refractivity contribution is 0.288. The van der Waals surface area contributed by atoms with Gasteiger partial charge in [-0.2, -0.15) is 0 Å². The van der Waals surface area contributed by atoms with E-state index >= 15 is 0 Å². The maximum Gasteiger partial charge on any atom is 0.191 e. The molecule has 0 aliphatic carbocycles. The van der Waals surface area contributed by atoms with Crippen LogP contribution >= 0.6 is 23.4 Å². The van der Waals surface area contributed by atoms with Gasteiger partial charge >= 0.3 is 0 Å². The summed E-state index contributed by atoms with van der Waals surface area (Å²) >= 11 is 7.87. The number of aromatic nitrogens is 3. The second kappa shape index (κ2) is 8.60. The molecule has 26 heavy (non-hydrogen) atoms. The molecular weight excluding hydrogens is 366 g/mol. The standard InChI is InChI=1S/C20H22ClN3OS/c1-4-24-19(12-25-17-10-9-14(2)15(3)11-17)22-23-20(24)26-13-16-7-5-6-8-18(16)21/h5-11H,4,12-13H2,1-3H3. The summed E-state index contributed by atoms with van der Waals surface area (Å²) < 4.78 is 8.00. The number of benzene rings is 2. The Bertz CT molecular complexity index is 895. The van der Waals surface area contributed by atoms with E-state index in [0.29, 0.717) is 6.61 Å². The van der Waals surface area contributed by atoms with Crippen molar-refractivity contribution in [2.24, 2.45) is 0 Å². The van der Waals surface area contributed by atoms with Gasteiger partial charge in [0.15, 0.2) is 11.0 Å². The van der Waals surface area contributed by atoms with Gasteiger partial charge < -0.3 is 9.30 Å². The van der Waals surface area contributed by atoms with Gasteiger partial charge in [-0.15, -0.1) is 10.2 Å². The van der Waals surface area contributed by atoms with Crippen LogP contribution < -0.4 is 4.74 Å². The molecular formula is C20H22ClN3OS. The van der Waals surface area contributed by atoms with Gasteiger partial charge in [0.1, 0.15) is 12.4 Å². The zero-order chi connectivity index (χ0) is 18.5. The SMILES string of the molecule is CCn1c(COc2ccc(C)c(C)c2)nnc1SCc1ccccc1Cl. The van der Waals surface area contributed by atoms with Crippen LogP contribution in [0.1, 0.15) is 29.4 Å². The molecule has 0 aliphatic rings. The van der Waals surface area contributed by atoms with Crippen molar-refractivity contribution in [2.75, 3.05) is 0 Å². The summed E-state index contributed by atoms with van der Waals surface area (Å²) in [6.45, 7) is 7.46. The third-order valence-electron chi connectivity index (χ3n) is 4.27. The van der Waals surface area contributed by atoms with Gasteiger partial charge in [-0.25, -0.2) is 0 Å². The third kappa shape index (κ3) is 4.40. The smallest absolute Gasteiger partial charge is 0.191 e. The quantitative estimate of drug-likeness (QED) is 0.506. The Hall–Kier alpha value is -1.98. The number of nitrogens with zero attached hydrogens (tertiary/aromatic N) is 3. The second-order valence-corrected chi connectivity index (χ2v) is 7.41. The molecule has 0 unspecified atom stereocenters. The molecule has 2 aromatic carbocycles. The van der Waals surface area contributed by atoms with E-state index < -0.39 is 0 Å². The van der Waals surface area contributed by atoms with Gasteiger partial charge in [-0.05, 0) is 55.7 Å². The van der Waals surface area contributed by atoms with E-state index in [-0.39, 0.29) is 0 Å². The van der Waals surface area contributed by atoms with Gasteiger partial charge in [0.05, 0.1) is 0 Å². The zero-order valence-corrected chi connectivity index (χ0v) is 16.8. The molecule has 6 heteroatoms. The van der Waals surface area contributed by atoms with Crippen LogP contribution in [-0.2, 0) is 18.9 Å². The number of hydrogen-bond acceptors (Lipinski definition) is 4. The predicted octanol–water partition coefficient (Wildman–Crippen LogP) is 5.44. The first kappa shape index (κ1) is 18.8. The van der Waals surface area contributed by atoms with Crippen molar-refractivity contribution in [3.05, 3.63) is 70.0 Å². The van der Waals surface area contributed by atoms with Gasteiger partial charge in [0.2, 0.25) is 0 Å². The fourth-order valence-electron chi connectivity index (χ4n) is 2.56. The molecule has 0 radical (unpaired) electrons. The van der Waals surface area contributed by atoms with E-state index in [0.717, 1.165) is 39.6 Å². The van der Waals surface area contributed by atoms with Crippen molar-refractivity contribution in [1.82, 2.24) is 14.8 Å². The highest BCUT2D eigenvalue weighted by atomic mass is 35.5. The van der Waals surface area contributed by atoms with Crippen molar-refractivity contribution >= 4 is 23.4 Å². The monoisotopic (exact) mass is 387 g/mol. The highest BCUT2D eigenvalue weighted by Gasteiger charge is 2.13. The lowest BCUT2D eigenvalue weighted by Gasteiger charge is -2.10. The molecule has 0 aliphatic heterocycles. The Kier molecular flexibility index (Phi) is 6.22. The van der Waals surface area contributed by atoms with Crippen molar-refractivity contribution < 1.29 is 4.74 Å². The molecule has 1 aromatic heterocycles. The molecule has 0 amide bonds. The lowest BCUT2D eigenvalue weighted by Crippen LogP contribution is -2.07. The van der Waals surface area contributed by atoms with Crippen molar-refractivity contribution in [1.29, 1.82) is 0 Å². The van der Waals surface area contributed by atoms with Crippen LogP contribution in [0.2, 0.25) is 5.02 Å². The first-order chi connectivity index (χ1) is 12.6. The predicted molar refractivity (Wildman–Crippen MR) is 107 cm³/mol. The van der Waals surface area contributed by atoms with Gasteiger partial charge in [-0.1, -0.05) is 47.6 Å². The molecule has 0 N–H and O–H groups in total. The summed E-state index contributed by atoms with van der Waals surface area (Å²) in [4.78, 5) is 0. The van der Waals surface area contributed by atoms with Crippen LogP contribution in [0.4, 0.5) is 0 Å². The lowest BCUT2D eigenvalue weighted by atomic mass is 10.1. The van der Waals surface area contributed by atoms with Crippen LogP contribution in [0.25, 0.3) is 0 Å². The summed E-state index contributed by atoms with van der Waals surface area (Å²) in [7, 11) is 0. The first-order valence-corrected chi connectivity index (χ1v) is 9.93. The van der Waals surface area contributed by atoms with Crippen LogP contribution in [0.5, 0.6) is 5.75 Å². The topological polar surface area (TPSA) is 39.9 Å². The van der Waals surface area contributed by atoms with Crippen LogP contribution in [0, 0.1) is 13.8 Å². The molecule has 0 spiro atoms. The summed E-state index contributed by atoms with van der Waals surface area (Å²) in [5.41, 5.74) is 3.57. The minimum Gasteiger partial charge on any atom is -0.486 e. The maximum absolute atomic E-state index is 6.23. The molecule has 3 rings (SSSR count). The van der Waals surface area contributed by atoms with Crippen LogP contribution in [-0.4, -0.2) is 14.8 Å². The molecule has 0 fully saturated rings. The second-order valence-electron chi connectivity index (χ2n) is 6.06. The van der Waals surface area contributed by atoms with E-state index in [9.17, 15) is 0 Å². The molecule has 0 saturated heterocycles. The van der Waals surface area contributed by atoms with E-state index in [1.165, 1.54) is 11.1 Å². The Morgan fingerprint density at radius 2 is 1.88 bits per heavy atom. The maximum atomic E-state index is 6.23. The third-order valence-corrected chi connectivity index (χ3v) is 5.65. The molecule has 0 bridgehead atoms. The van der Waals surface area contributed by atoms with Crippen LogP contribution in [0.3, 0.4) is 0 Å². The summed E-state index contributed by atoms with van der Waals surface area (Å²) in [6, 6.07) is 14.0. The normalized spacial score (nSPS) is 10.9. The minimum absolute atomic E-state index is 0.399. The molecule has 3 aromatic rings. The van der Waals surface area contributed by atoms with Crippen molar-refractivity contribution in [3.63, 3.8) is 0 Å². The average molecular weight is 388 g/mol. The first-order valence-electron chi connectivity index (χ1n) is 8.56. The zero-order valence-electron chi connectivity index (χ0n) is 15.2. The van der Waals surface area contributed by atoms with Gasteiger partial charge in [-0.3, -0.25) is 0 Å². The number of thioether (sulfide) groups is 1.